The maximum Gasteiger partial charge on any atom is 0.253 e. The van der Waals surface area contributed by atoms with Crippen molar-refractivity contribution in [2.24, 2.45) is 11.8 Å². The van der Waals surface area contributed by atoms with Crippen LogP contribution in [0.15, 0.2) is 104 Å². The van der Waals surface area contributed by atoms with Crippen molar-refractivity contribution in [1.82, 2.24) is 4.90 Å². The normalized spacial score (nSPS) is 23.3. The van der Waals surface area contributed by atoms with Gasteiger partial charge in [-0.25, -0.2) is 0 Å². The molecule has 3 amide bonds. The van der Waals surface area contributed by atoms with E-state index in [0.717, 1.165) is 24.3 Å². The molecule has 3 fully saturated rings. The minimum absolute atomic E-state index is 0.196. The van der Waals surface area contributed by atoms with Gasteiger partial charge >= 0.3 is 0 Å². The van der Waals surface area contributed by atoms with Crippen LogP contribution < -0.4 is 19.4 Å². The van der Waals surface area contributed by atoms with Crippen LogP contribution in [-0.2, 0) is 25.5 Å². The Labute approximate surface area is 313 Å². The predicted octanol–water partition coefficient (Wildman–Crippen LogP) is 5.65. The van der Waals surface area contributed by atoms with Crippen molar-refractivity contribution >= 4 is 34.8 Å². The lowest BCUT2D eigenvalue weighted by Gasteiger charge is -2.39. The second-order valence-corrected chi connectivity index (χ2v) is 13.9. The molecular formula is C43H52N4O6. The second kappa shape index (κ2) is 16.4. The first-order valence-electron chi connectivity index (χ1n) is 18.8. The number of carbonyl (C=O) groups excluding carboxylic acids is 3. The summed E-state index contributed by atoms with van der Waals surface area (Å²) >= 11 is 0. The van der Waals surface area contributed by atoms with Crippen LogP contribution in [0.4, 0.5) is 17.1 Å². The first-order valence-corrected chi connectivity index (χ1v) is 18.8. The molecule has 0 saturated carbocycles. The van der Waals surface area contributed by atoms with Gasteiger partial charge in [0.05, 0.1) is 37.2 Å². The number of aliphatic hydroxyl groups is 1. The van der Waals surface area contributed by atoms with Crippen molar-refractivity contribution in [3.8, 4) is 5.75 Å². The fourth-order valence-electron chi connectivity index (χ4n) is 8.73. The highest BCUT2D eigenvalue weighted by Gasteiger charge is 2.75. The quantitative estimate of drug-likeness (QED) is 0.180. The van der Waals surface area contributed by atoms with Crippen LogP contribution in [0, 0.1) is 11.8 Å². The molecule has 280 valence electrons. The molecule has 3 heterocycles. The summed E-state index contributed by atoms with van der Waals surface area (Å²) in [7, 11) is 0. The van der Waals surface area contributed by atoms with Crippen molar-refractivity contribution in [3.05, 3.63) is 110 Å². The molecule has 3 aliphatic heterocycles. The van der Waals surface area contributed by atoms with Crippen LogP contribution in [0.25, 0.3) is 0 Å². The van der Waals surface area contributed by atoms with Gasteiger partial charge in [0, 0.05) is 43.2 Å². The van der Waals surface area contributed by atoms with E-state index in [4.69, 9.17) is 9.47 Å². The fraction of sp³-hybridized carbons (Fsp3) is 0.419. The summed E-state index contributed by atoms with van der Waals surface area (Å²) in [5.41, 5.74) is 2.01. The van der Waals surface area contributed by atoms with Crippen LogP contribution in [0.2, 0.25) is 0 Å². The summed E-state index contributed by atoms with van der Waals surface area (Å²) in [5.74, 6) is -2.00. The van der Waals surface area contributed by atoms with Crippen LogP contribution in [-0.4, -0.2) is 90.9 Å². The maximum absolute atomic E-state index is 15.2. The average Bonchev–Trinajstić information content (AvgIpc) is 3.83. The monoisotopic (exact) mass is 720 g/mol. The van der Waals surface area contributed by atoms with Crippen LogP contribution in [0.1, 0.15) is 39.2 Å². The Kier molecular flexibility index (Phi) is 11.7. The summed E-state index contributed by atoms with van der Waals surface area (Å²) in [6.07, 6.45) is 4.06. The number of fused-ring (bicyclic) bond motifs is 1. The SMILES string of the molecule is C=CCN(C(=O)C1N([C@@H](CO)Cc2ccccc2)C(=O)[C@@H]2[C@H](C(=O)N(CC=C)c3ccc(OCC)cc3)[C@@H]3CCC12O3)c1ccc(N(CC)CC)cc1. The summed E-state index contributed by atoms with van der Waals surface area (Å²) in [5, 5.41) is 10.9. The van der Waals surface area contributed by atoms with Crippen LogP contribution in [0.5, 0.6) is 5.75 Å². The number of carbonyl (C=O) groups is 3. The van der Waals surface area contributed by atoms with Gasteiger partial charge in [-0.3, -0.25) is 14.4 Å². The highest BCUT2D eigenvalue weighted by Crippen LogP contribution is 2.59. The van der Waals surface area contributed by atoms with E-state index in [9.17, 15) is 9.90 Å². The smallest absolute Gasteiger partial charge is 0.253 e. The lowest BCUT2D eigenvalue weighted by molar-refractivity contribution is -0.144. The molecule has 6 rings (SSSR count). The molecule has 10 nitrogen and oxygen atoms in total. The Morgan fingerprint density at radius 2 is 1.49 bits per heavy atom. The maximum atomic E-state index is 15.2. The summed E-state index contributed by atoms with van der Waals surface area (Å²) in [6.45, 7) is 16.2. The molecule has 2 bridgehead atoms. The Bertz CT molecular complexity index is 1760. The molecule has 3 aromatic rings. The topological polar surface area (TPSA) is 103 Å². The van der Waals surface area contributed by atoms with Crippen molar-refractivity contribution in [1.29, 1.82) is 0 Å². The van der Waals surface area contributed by atoms with E-state index in [1.807, 2.05) is 85.8 Å². The molecule has 0 aromatic heterocycles. The molecule has 6 atom stereocenters. The molecule has 3 aliphatic rings. The first-order chi connectivity index (χ1) is 25.8. The molecule has 1 N–H and O–H groups in total. The first kappa shape index (κ1) is 37.8. The molecule has 2 unspecified atom stereocenters. The molecule has 0 radical (unpaired) electrons. The fourth-order valence-corrected chi connectivity index (χ4v) is 8.73. The highest BCUT2D eigenvalue weighted by molar-refractivity contribution is 6.06. The van der Waals surface area contributed by atoms with Crippen LogP contribution >= 0.6 is 0 Å². The second-order valence-electron chi connectivity index (χ2n) is 13.9. The Hall–Kier alpha value is -4.93. The molecule has 3 aromatic carbocycles. The predicted molar refractivity (Wildman–Crippen MR) is 208 cm³/mol. The standard InChI is InChI=1S/C43H52N4O6/c1-6-26-45(33-20-22-35(23-21-33)52-10-5)40(49)37-36-24-25-43(53-36)38(37)41(50)47(34(29-48)28-30-14-12-11-13-15-30)39(43)42(51)46(27-7-2)32-18-16-31(17-19-32)44(8-3)9-4/h6-7,11-23,34,36-39,48H,1-2,8-10,24-29H2,3-5H3/t34-,36+,37-,38+,39?,43?/m1/s1. The Morgan fingerprint density at radius 3 is 2.06 bits per heavy atom. The minimum atomic E-state index is -1.26. The van der Waals surface area contributed by atoms with E-state index in [1.165, 1.54) is 0 Å². The lowest BCUT2D eigenvalue weighted by atomic mass is 9.70. The molecule has 53 heavy (non-hydrogen) atoms. The van der Waals surface area contributed by atoms with Gasteiger partial charge in [0.25, 0.3) is 5.91 Å². The number of hydrogen-bond donors (Lipinski definition) is 1. The van der Waals surface area contributed by atoms with E-state index in [2.05, 4.69) is 31.9 Å². The van der Waals surface area contributed by atoms with Gasteiger partial charge in [0.2, 0.25) is 11.8 Å². The number of likely N-dealkylation sites (tertiary alicyclic amines) is 1. The molecule has 1 spiro atoms. The van der Waals surface area contributed by atoms with Crippen molar-refractivity contribution < 1.29 is 29.0 Å². The molecule has 3 saturated heterocycles. The summed E-state index contributed by atoms with van der Waals surface area (Å²) in [6, 6.07) is 22.9. The molecule has 0 aliphatic carbocycles. The number of nitrogens with zero attached hydrogens (tertiary/aromatic N) is 4. The van der Waals surface area contributed by atoms with Crippen molar-refractivity contribution in [2.45, 2.75) is 63.8 Å². The number of amides is 3. The number of aliphatic hydroxyl groups excluding tert-OH is 1. The zero-order chi connectivity index (χ0) is 37.7. The number of benzene rings is 3. The van der Waals surface area contributed by atoms with E-state index in [1.54, 1.807) is 26.9 Å². The Morgan fingerprint density at radius 1 is 0.906 bits per heavy atom. The minimum Gasteiger partial charge on any atom is -0.494 e. The van der Waals surface area contributed by atoms with Gasteiger partial charge in [0.15, 0.2) is 0 Å². The summed E-state index contributed by atoms with van der Waals surface area (Å²) < 4.78 is 12.5. The Balaban J connectivity index is 1.41. The van der Waals surface area contributed by atoms with E-state index in [0.29, 0.717) is 43.0 Å². The molecular weight excluding hydrogens is 668 g/mol. The third-order valence-electron chi connectivity index (χ3n) is 11.1. The largest absolute Gasteiger partial charge is 0.494 e. The van der Waals surface area contributed by atoms with Gasteiger partial charge in [-0.15, -0.1) is 13.2 Å². The number of hydrogen-bond acceptors (Lipinski definition) is 7. The lowest BCUT2D eigenvalue weighted by Crippen LogP contribution is -2.59. The van der Waals surface area contributed by atoms with E-state index < -0.39 is 35.6 Å². The zero-order valence-electron chi connectivity index (χ0n) is 31.1. The van der Waals surface area contributed by atoms with E-state index >= 15 is 9.59 Å². The number of rotatable bonds is 17. The van der Waals surface area contributed by atoms with Crippen LogP contribution in [0.3, 0.4) is 0 Å². The van der Waals surface area contributed by atoms with Gasteiger partial charge in [-0.2, -0.15) is 0 Å². The highest BCUT2D eigenvalue weighted by atomic mass is 16.5. The van der Waals surface area contributed by atoms with E-state index in [-0.39, 0.29) is 37.4 Å². The van der Waals surface area contributed by atoms with Gasteiger partial charge in [-0.1, -0.05) is 42.5 Å². The molecule has 10 heteroatoms. The third-order valence-corrected chi connectivity index (χ3v) is 11.1. The number of ether oxygens (including phenoxy) is 2. The van der Waals surface area contributed by atoms with Crippen molar-refractivity contribution in [3.63, 3.8) is 0 Å². The number of anilines is 3. The van der Waals surface area contributed by atoms with Gasteiger partial charge < -0.3 is 34.2 Å². The van der Waals surface area contributed by atoms with Gasteiger partial charge in [-0.05, 0) is 94.1 Å². The van der Waals surface area contributed by atoms with Crippen molar-refractivity contribution in [2.75, 3.05) is 54.1 Å². The summed E-state index contributed by atoms with van der Waals surface area (Å²) in [4.78, 5) is 52.1. The average molecular weight is 721 g/mol. The van der Waals surface area contributed by atoms with Gasteiger partial charge in [0.1, 0.15) is 17.4 Å². The third kappa shape index (κ3) is 6.98. The zero-order valence-corrected chi connectivity index (χ0v) is 31.1.